The minimum atomic E-state index is 0.818. The minimum Gasteiger partial charge on any atom is -0.495 e. The van der Waals surface area contributed by atoms with Crippen molar-refractivity contribution in [1.29, 1.82) is 0 Å². The molecule has 1 aromatic carbocycles. The zero-order chi connectivity index (χ0) is 9.68. The van der Waals surface area contributed by atoms with E-state index in [0.29, 0.717) is 0 Å². The van der Waals surface area contributed by atoms with E-state index in [4.69, 9.17) is 9.47 Å². The summed E-state index contributed by atoms with van der Waals surface area (Å²) in [5.41, 5.74) is 0. The molecule has 0 aliphatic heterocycles. The fraction of sp³-hybridized carbons (Fsp3) is 0.333. The molecule has 0 aliphatic carbocycles. The van der Waals surface area contributed by atoms with Gasteiger partial charge in [-0.05, 0) is 31.1 Å². The topological polar surface area (TPSA) is 30.5 Å². The van der Waals surface area contributed by atoms with Gasteiger partial charge in [0.05, 0.1) is 14.2 Å². The van der Waals surface area contributed by atoms with Crippen LogP contribution in [0.5, 0.6) is 11.5 Å². The average molecular weight is 199 g/mol. The SMILES string of the molecule is CNSc1c(OC)cccc1OC. The van der Waals surface area contributed by atoms with E-state index in [1.807, 2.05) is 25.2 Å². The maximum absolute atomic E-state index is 5.20. The molecule has 1 rings (SSSR count). The fourth-order valence-corrected chi connectivity index (χ4v) is 1.73. The van der Waals surface area contributed by atoms with Crippen LogP contribution < -0.4 is 14.2 Å². The first kappa shape index (κ1) is 10.2. The molecule has 72 valence electrons. The number of benzene rings is 1. The van der Waals surface area contributed by atoms with Crippen molar-refractivity contribution in [2.75, 3.05) is 21.3 Å². The quantitative estimate of drug-likeness (QED) is 0.751. The standard InChI is InChI=1S/C9H13NO2S/c1-10-13-9-7(11-2)5-4-6-8(9)12-3/h4-6,10H,1-3H3. The molecule has 0 fully saturated rings. The Kier molecular flexibility index (Phi) is 3.92. The van der Waals surface area contributed by atoms with Crippen molar-refractivity contribution in [3.05, 3.63) is 18.2 Å². The van der Waals surface area contributed by atoms with Crippen molar-refractivity contribution in [2.45, 2.75) is 4.90 Å². The summed E-state index contributed by atoms with van der Waals surface area (Å²) < 4.78 is 13.4. The Morgan fingerprint density at radius 3 is 2.08 bits per heavy atom. The van der Waals surface area contributed by atoms with Crippen molar-refractivity contribution in [2.24, 2.45) is 0 Å². The first-order valence-corrected chi connectivity index (χ1v) is 4.69. The molecule has 0 aromatic heterocycles. The van der Waals surface area contributed by atoms with Gasteiger partial charge in [0.25, 0.3) is 0 Å². The Hall–Kier alpha value is -0.870. The van der Waals surface area contributed by atoms with Gasteiger partial charge in [-0.3, -0.25) is 4.72 Å². The third-order valence-corrected chi connectivity index (χ3v) is 2.40. The van der Waals surface area contributed by atoms with Crippen LogP contribution in [0.1, 0.15) is 0 Å². The van der Waals surface area contributed by atoms with E-state index in [1.165, 1.54) is 11.9 Å². The van der Waals surface area contributed by atoms with E-state index < -0.39 is 0 Å². The van der Waals surface area contributed by atoms with Crippen LogP contribution in [0.25, 0.3) is 0 Å². The van der Waals surface area contributed by atoms with Gasteiger partial charge in [0.15, 0.2) is 0 Å². The molecular weight excluding hydrogens is 186 g/mol. The second kappa shape index (κ2) is 4.99. The summed E-state index contributed by atoms with van der Waals surface area (Å²) in [6.45, 7) is 0. The lowest BCUT2D eigenvalue weighted by Gasteiger charge is -2.10. The molecule has 0 radical (unpaired) electrons. The monoisotopic (exact) mass is 199 g/mol. The number of rotatable bonds is 4. The number of hydrogen-bond donors (Lipinski definition) is 1. The predicted octanol–water partition coefficient (Wildman–Crippen LogP) is 1.93. The Balaban J connectivity index is 3.05. The molecule has 1 aromatic rings. The highest BCUT2D eigenvalue weighted by atomic mass is 32.2. The Bertz CT molecular complexity index is 256. The van der Waals surface area contributed by atoms with Gasteiger partial charge < -0.3 is 9.47 Å². The molecule has 0 spiro atoms. The Morgan fingerprint density at radius 2 is 1.69 bits per heavy atom. The van der Waals surface area contributed by atoms with E-state index in [2.05, 4.69) is 4.72 Å². The van der Waals surface area contributed by atoms with Gasteiger partial charge in [-0.2, -0.15) is 0 Å². The summed E-state index contributed by atoms with van der Waals surface area (Å²) >= 11 is 1.48. The molecule has 3 nitrogen and oxygen atoms in total. The third kappa shape index (κ3) is 2.29. The van der Waals surface area contributed by atoms with E-state index in [9.17, 15) is 0 Å². The first-order chi connectivity index (χ1) is 6.33. The molecule has 0 amide bonds. The first-order valence-electron chi connectivity index (χ1n) is 3.88. The largest absolute Gasteiger partial charge is 0.495 e. The van der Waals surface area contributed by atoms with Gasteiger partial charge in [-0.1, -0.05) is 6.07 Å². The van der Waals surface area contributed by atoms with E-state index in [0.717, 1.165) is 16.4 Å². The second-order valence-corrected chi connectivity index (χ2v) is 3.32. The number of hydrogen-bond acceptors (Lipinski definition) is 4. The third-order valence-electron chi connectivity index (χ3n) is 1.59. The van der Waals surface area contributed by atoms with Crippen LogP contribution in [0.15, 0.2) is 23.1 Å². The lowest BCUT2D eigenvalue weighted by molar-refractivity contribution is 0.376. The zero-order valence-electron chi connectivity index (χ0n) is 7.96. The molecule has 0 saturated heterocycles. The molecule has 1 N–H and O–H groups in total. The Morgan fingerprint density at radius 1 is 1.15 bits per heavy atom. The van der Waals surface area contributed by atoms with Gasteiger partial charge in [0.2, 0.25) is 0 Å². The van der Waals surface area contributed by atoms with Gasteiger partial charge in [-0.25, -0.2) is 0 Å². The van der Waals surface area contributed by atoms with E-state index in [1.54, 1.807) is 14.2 Å². The van der Waals surface area contributed by atoms with E-state index in [-0.39, 0.29) is 0 Å². The maximum atomic E-state index is 5.20. The van der Waals surface area contributed by atoms with Crippen LogP contribution >= 0.6 is 11.9 Å². The smallest absolute Gasteiger partial charge is 0.137 e. The summed E-state index contributed by atoms with van der Waals surface area (Å²) in [5, 5.41) is 0. The van der Waals surface area contributed by atoms with E-state index >= 15 is 0 Å². The van der Waals surface area contributed by atoms with Crippen LogP contribution in [-0.4, -0.2) is 21.3 Å². The molecule has 0 bridgehead atoms. The average Bonchev–Trinajstić information content (AvgIpc) is 2.18. The van der Waals surface area contributed by atoms with Crippen molar-refractivity contribution in [1.82, 2.24) is 4.72 Å². The molecule has 13 heavy (non-hydrogen) atoms. The van der Waals surface area contributed by atoms with Gasteiger partial charge >= 0.3 is 0 Å². The van der Waals surface area contributed by atoms with Gasteiger partial charge in [-0.15, -0.1) is 0 Å². The number of methoxy groups -OCH3 is 2. The number of nitrogens with one attached hydrogen (secondary N) is 1. The summed E-state index contributed by atoms with van der Waals surface area (Å²) in [7, 11) is 5.15. The second-order valence-electron chi connectivity index (χ2n) is 2.30. The molecule has 0 heterocycles. The predicted molar refractivity (Wildman–Crippen MR) is 54.5 cm³/mol. The van der Waals surface area contributed by atoms with Crippen LogP contribution in [-0.2, 0) is 0 Å². The van der Waals surface area contributed by atoms with Crippen LogP contribution in [0.2, 0.25) is 0 Å². The molecule has 0 unspecified atom stereocenters. The molecule has 0 saturated carbocycles. The van der Waals surface area contributed by atoms with Crippen molar-refractivity contribution >= 4 is 11.9 Å². The fourth-order valence-electron chi connectivity index (χ4n) is 1.02. The highest BCUT2D eigenvalue weighted by Gasteiger charge is 2.08. The molecule has 0 aliphatic rings. The lowest BCUT2D eigenvalue weighted by atomic mass is 10.3. The van der Waals surface area contributed by atoms with Crippen LogP contribution in [0.3, 0.4) is 0 Å². The number of ether oxygens (including phenoxy) is 2. The zero-order valence-corrected chi connectivity index (χ0v) is 8.77. The Labute approximate surface area is 82.6 Å². The van der Waals surface area contributed by atoms with Crippen molar-refractivity contribution in [3.8, 4) is 11.5 Å². The molecule has 0 atom stereocenters. The van der Waals surface area contributed by atoms with Gasteiger partial charge in [0.1, 0.15) is 16.4 Å². The molecule has 4 heteroatoms. The van der Waals surface area contributed by atoms with Crippen LogP contribution in [0.4, 0.5) is 0 Å². The van der Waals surface area contributed by atoms with Crippen LogP contribution in [0, 0.1) is 0 Å². The summed E-state index contributed by atoms with van der Waals surface area (Å²) in [4.78, 5) is 0.968. The van der Waals surface area contributed by atoms with Crippen molar-refractivity contribution < 1.29 is 9.47 Å². The summed E-state index contributed by atoms with van der Waals surface area (Å²) in [6, 6.07) is 5.71. The maximum Gasteiger partial charge on any atom is 0.137 e. The summed E-state index contributed by atoms with van der Waals surface area (Å²) in [5.74, 6) is 1.64. The highest BCUT2D eigenvalue weighted by molar-refractivity contribution is 7.97. The highest BCUT2D eigenvalue weighted by Crippen LogP contribution is 2.35. The molecular formula is C9H13NO2S. The minimum absolute atomic E-state index is 0.818. The summed E-state index contributed by atoms with van der Waals surface area (Å²) in [6.07, 6.45) is 0. The normalized spacial score (nSPS) is 9.77. The van der Waals surface area contributed by atoms with Crippen molar-refractivity contribution in [3.63, 3.8) is 0 Å². The lowest BCUT2D eigenvalue weighted by Crippen LogP contribution is -1.96. The van der Waals surface area contributed by atoms with Gasteiger partial charge in [0, 0.05) is 0 Å².